The fraction of sp³-hybridized carbons (Fsp3) is 0. The molecule has 0 atom stereocenters. The summed E-state index contributed by atoms with van der Waals surface area (Å²) in [5.41, 5.74) is 0. The second kappa shape index (κ2) is 9.03. The van der Waals surface area contributed by atoms with E-state index < -0.39 is 7.56 Å². The molecule has 0 aromatic carbocycles. The third-order valence-corrected chi connectivity index (χ3v) is 0.109. The van der Waals surface area contributed by atoms with Crippen LogP contribution in [0.15, 0.2) is 12.6 Å². The third kappa shape index (κ3) is 10.9. The maximum Gasteiger partial charge on any atom is 0.356 e. The van der Waals surface area contributed by atoms with Crippen LogP contribution in [-0.4, -0.2) is 58.9 Å². The van der Waals surface area contributed by atoms with Gasteiger partial charge in [-0.1, -0.05) is 5.98 Å². The number of rotatable bonds is 1. The number of halogens is 1. The summed E-state index contributed by atoms with van der Waals surface area (Å²) < 4.78 is 10.6. The molecule has 0 amide bonds. The van der Waals surface area contributed by atoms with E-state index in [4.69, 9.17) is 0 Å². The summed E-state index contributed by atoms with van der Waals surface area (Å²) in [6.45, 7) is 3.10. The van der Waals surface area contributed by atoms with Gasteiger partial charge in [-0.3, -0.25) is 0 Å². The van der Waals surface area contributed by atoms with E-state index in [1.165, 1.54) is 5.98 Å². The minimum Gasteiger partial charge on any atom is -0.335 e. The van der Waals surface area contributed by atoms with Crippen molar-refractivity contribution in [1.82, 2.24) is 0 Å². The van der Waals surface area contributed by atoms with Gasteiger partial charge in [-0.15, -0.1) is 6.58 Å². The second-order valence-corrected chi connectivity index (χ2v) is 0.443. The molecule has 0 bridgehead atoms. The van der Waals surface area contributed by atoms with Crippen molar-refractivity contribution in [3.63, 3.8) is 0 Å². The molecular weight excluding hydrogens is 92.9 g/mol. The van der Waals surface area contributed by atoms with E-state index in [1.807, 2.05) is 0 Å². The van der Waals surface area contributed by atoms with Crippen molar-refractivity contribution in [2.45, 2.75) is 0 Å². The van der Waals surface area contributed by atoms with Crippen molar-refractivity contribution in [1.29, 1.82) is 0 Å². The zero-order valence-electron chi connectivity index (χ0n) is 3.37. The Balaban J connectivity index is 0. The molecule has 0 fully saturated rings. The van der Waals surface area contributed by atoms with Crippen LogP contribution in [0.25, 0.3) is 0 Å². The molecule has 0 aliphatic rings. The average molecular weight is 97.0 g/mol. The van der Waals surface area contributed by atoms with Crippen LogP contribution in [0.3, 0.4) is 0 Å². The summed E-state index contributed by atoms with van der Waals surface area (Å²) in [7, 11) is -0.417. The molecule has 0 saturated heterocycles. The van der Waals surface area contributed by atoms with Gasteiger partial charge >= 0.3 is 7.56 Å². The maximum absolute atomic E-state index is 10.6. The Morgan fingerprint density at radius 1 is 1.80 bits per heavy atom. The van der Waals surface area contributed by atoms with Gasteiger partial charge in [-0.2, -0.15) is 0 Å². The van der Waals surface area contributed by atoms with E-state index >= 15 is 0 Å². The summed E-state index contributed by atoms with van der Waals surface area (Å²) in [5, 5.41) is 0. The Kier molecular flexibility index (Phi) is 17.4. The van der Waals surface area contributed by atoms with Gasteiger partial charge in [0.05, 0.1) is 0 Å². The van der Waals surface area contributed by atoms with Crippen molar-refractivity contribution >= 4 is 58.9 Å². The van der Waals surface area contributed by atoms with Crippen molar-refractivity contribution < 1.29 is 4.32 Å². The molecule has 0 nitrogen and oxygen atoms in total. The molecule has 0 rings (SSSR count). The molecule has 0 aliphatic heterocycles. The summed E-state index contributed by atoms with van der Waals surface area (Å²) in [6, 6.07) is 0. The Labute approximate surface area is 74.5 Å². The zero-order valence-corrected chi connectivity index (χ0v) is 6.49. The van der Waals surface area contributed by atoms with Crippen LogP contribution in [0, 0.1) is 0 Å². The standard InChI is InChI=1S/C2H4BF.K/c1-2-3-4;/h2-3H,1H2;. The molecule has 0 heterocycles. The Morgan fingerprint density at radius 2 is 2.00 bits per heavy atom. The predicted octanol–water partition coefficient (Wildman–Crippen LogP) is 0.0701. The molecule has 0 aliphatic carbocycles. The largest absolute Gasteiger partial charge is 0.356 e. The molecule has 1 radical (unpaired) electrons. The van der Waals surface area contributed by atoms with Gasteiger partial charge in [-0.05, 0) is 0 Å². The SMILES string of the molecule is C=CBF.[K]. The van der Waals surface area contributed by atoms with Crippen molar-refractivity contribution in [3.8, 4) is 0 Å². The molecule has 0 spiro atoms. The van der Waals surface area contributed by atoms with E-state index in [0.717, 1.165) is 0 Å². The normalized spacial score (nSPS) is 4.20. The quantitative estimate of drug-likeness (QED) is 0.406. The van der Waals surface area contributed by atoms with E-state index in [9.17, 15) is 4.32 Å². The average Bonchev–Trinajstić information content (AvgIpc) is 1.37. The van der Waals surface area contributed by atoms with Crippen LogP contribution in [0.5, 0.6) is 0 Å². The summed E-state index contributed by atoms with van der Waals surface area (Å²) >= 11 is 0. The van der Waals surface area contributed by atoms with Crippen LogP contribution in [0.1, 0.15) is 0 Å². The topological polar surface area (TPSA) is 0 Å². The first-order valence-electron chi connectivity index (χ1n) is 1.08. The second-order valence-electron chi connectivity index (χ2n) is 0.443. The first-order chi connectivity index (χ1) is 1.91. The monoisotopic (exact) mass is 97.0 g/mol. The third-order valence-electron chi connectivity index (χ3n) is 0.109. The molecule has 0 aromatic heterocycles. The van der Waals surface area contributed by atoms with Gasteiger partial charge in [0.25, 0.3) is 0 Å². The van der Waals surface area contributed by atoms with Crippen molar-refractivity contribution in [3.05, 3.63) is 12.6 Å². The van der Waals surface area contributed by atoms with Gasteiger partial charge in [0.15, 0.2) is 0 Å². The van der Waals surface area contributed by atoms with Gasteiger partial charge < -0.3 is 4.32 Å². The summed E-state index contributed by atoms with van der Waals surface area (Å²) in [6.07, 6.45) is 0. The zero-order chi connectivity index (χ0) is 3.41. The molecule has 0 saturated carbocycles. The minimum atomic E-state index is -0.417. The molecule has 23 valence electrons. The molecule has 5 heavy (non-hydrogen) atoms. The van der Waals surface area contributed by atoms with Gasteiger partial charge in [0.1, 0.15) is 0 Å². The predicted molar refractivity (Wildman–Crippen MR) is 24.2 cm³/mol. The van der Waals surface area contributed by atoms with Crippen LogP contribution in [0.4, 0.5) is 4.32 Å². The molecule has 0 unspecified atom stereocenters. The molecule has 0 aromatic rings. The molecular formula is C2H4BFK. The van der Waals surface area contributed by atoms with E-state index in [0.29, 0.717) is 0 Å². The number of hydrogen-bond donors (Lipinski definition) is 0. The Hall–Kier alpha value is 1.37. The van der Waals surface area contributed by atoms with Gasteiger partial charge in [0.2, 0.25) is 0 Å². The summed E-state index contributed by atoms with van der Waals surface area (Å²) in [5.74, 6) is 1.21. The number of hydrogen-bond acceptors (Lipinski definition) is 0. The van der Waals surface area contributed by atoms with Gasteiger partial charge in [0, 0.05) is 51.4 Å². The maximum atomic E-state index is 10.6. The first-order valence-corrected chi connectivity index (χ1v) is 1.08. The van der Waals surface area contributed by atoms with Crippen molar-refractivity contribution in [2.24, 2.45) is 0 Å². The van der Waals surface area contributed by atoms with Crippen LogP contribution >= 0.6 is 0 Å². The van der Waals surface area contributed by atoms with Crippen LogP contribution in [-0.2, 0) is 0 Å². The summed E-state index contributed by atoms with van der Waals surface area (Å²) in [4.78, 5) is 0. The van der Waals surface area contributed by atoms with Gasteiger partial charge in [-0.25, -0.2) is 0 Å². The Morgan fingerprint density at radius 3 is 2.00 bits per heavy atom. The van der Waals surface area contributed by atoms with E-state index in [2.05, 4.69) is 6.58 Å². The van der Waals surface area contributed by atoms with E-state index in [-0.39, 0.29) is 51.4 Å². The fourth-order valence-electron chi connectivity index (χ4n) is 0. The van der Waals surface area contributed by atoms with Crippen molar-refractivity contribution in [2.75, 3.05) is 0 Å². The molecule has 0 N–H and O–H groups in total. The smallest absolute Gasteiger partial charge is 0.335 e. The Bertz CT molecular complexity index is 23.6. The minimum absolute atomic E-state index is 0. The molecule has 3 heteroatoms. The van der Waals surface area contributed by atoms with E-state index in [1.54, 1.807) is 0 Å². The fourth-order valence-corrected chi connectivity index (χ4v) is 0. The van der Waals surface area contributed by atoms with Crippen LogP contribution in [0.2, 0.25) is 0 Å². The van der Waals surface area contributed by atoms with Crippen LogP contribution < -0.4 is 0 Å². The first kappa shape index (κ1) is 9.62.